The van der Waals surface area contributed by atoms with E-state index in [1.165, 1.54) is 30.0 Å². The maximum absolute atomic E-state index is 13.0. The van der Waals surface area contributed by atoms with Crippen LogP contribution in [0.5, 0.6) is 0 Å². The van der Waals surface area contributed by atoms with Gasteiger partial charge in [0.2, 0.25) is 11.8 Å². The molecule has 0 aliphatic rings. The van der Waals surface area contributed by atoms with Crippen molar-refractivity contribution >= 4 is 29.1 Å². The number of carbonyl (C=O) groups is 2. The van der Waals surface area contributed by atoms with Gasteiger partial charge in [-0.15, -0.1) is 6.58 Å². The van der Waals surface area contributed by atoms with Gasteiger partial charge in [-0.2, -0.15) is 0 Å². The van der Waals surface area contributed by atoms with Crippen LogP contribution in [0.3, 0.4) is 0 Å². The molecule has 0 saturated carbocycles. The molecule has 1 N–H and O–H groups in total. The van der Waals surface area contributed by atoms with Crippen LogP contribution in [-0.4, -0.2) is 29.8 Å². The van der Waals surface area contributed by atoms with Gasteiger partial charge in [-0.3, -0.25) is 9.59 Å². The lowest BCUT2D eigenvalue weighted by atomic mass is 10.3. The molecule has 1 aromatic rings. The number of amides is 2. The first kappa shape index (κ1) is 16.2. The molecule has 0 fully saturated rings. The first-order valence-electron chi connectivity index (χ1n) is 6.05. The summed E-state index contributed by atoms with van der Waals surface area (Å²) in [7, 11) is 0. The Kier molecular flexibility index (Phi) is 6.18. The Morgan fingerprint density at radius 2 is 2.20 bits per heavy atom. The lowest BCUT2D eigenvalue weighted by molar-refractivity contribution is -0.128. The minimum Gasteiger partial charge on any atom is -0.339 e. The van der Waals surface area contributed by atoms with E-state index >= 15 is 0 Å². The van der Waals surface area contributed by atoms with Crippen LogP contribution in [0.15, 0.2) is 30.9 Å². The Morgan fingerprint density at radius 3 is 2.75 bits per heavy atom. The van der Waals surface area contributed by atoms with Crippen molar-refractivity contribution < 1.29 is 14.0 Å². The number of anilines is 1. The Balaban J connectivity index is 2.52. The third-order valence-corrected chi connectivity index (χ3v) is 2.90. The van der Waals surface area contributed by atoms with Crippen LogP contribution in [0.4, 0.5) is 10.1 Å². The second-order valence-electron chi connectivity index (χ2n) is 4.18. The van der Waals surface area contributed by atoms with Crippen molar-refractivity contribution in [1.29, 1.82) is 0 Å². The van der Waals surface area contributed by atoms with E-state index in [9.17, 15) is 14.0 Å². The minimum absolute atomic E-state index is 0.0557. The van der Waals surface area contributed by atoms with Crippen LogP contribution in [-0.2, 0) is 9.59 Å². The van der Waals surface area contributed by atoms with Crippen molar-refractivity contribution in [2.24, 2.45) is 0 Å². The van der Waals surface area contributed by atoms with Crippen LogP contribution in [0.2, 0.25) is 5.02 Å². The molecule has 0 radical (unpaired) electrons. The summed E-state index contributed by atoms with van der Waals surface area (Å²) in [4.78, 5) is 24.5. The highest BCUT2D eigenvalue weighted by Gasteiger charge is 2.10. The summed E-state index contributed by atoms with van der Waals surface area (Å²) in [5.74, 6) is -0.941. The molecular formula is C14H16ClFN2O2. The fourth-order valence-corrected chi connectivity index (χ4v) is 1.75. The molecule has 0 aliphatic heterocycles. The van der Waals surface area contributed by atoms with Gasteiger partial charge in [0.1, 0.15) is 5.82 Å². The zero-order valence-electron chi connectivity index (χ0n) is 11.2. The SMILES string of the molecule is C=CCN(CCC(=O)Nc1ccc(F)c(Cl)c1)C(C)=O. The Morgan fingerprint density at radius 1 is 1.50 bits per heavy atom. The predicted molar refractivity (Wildman–Crippen MR) is 77.1 cm³/mol. The summed E-state index contributed by atoms with van der Waals surface area (Å²) < 4.78 is 13.0. The number of carbonyl (C=O) groups excluding carboxylic acids is 2. The highest BCUT2D eigenvalue weighted by molar-refractivity contribution is 6.31. The molecule has 1 aromatic carbocycles. The number of nitrogens with zero attached hydrogens (tertiary/aromatic N) is 1. The molecule has 0 spiro atoms. The number of halogens is 2. The van der Waals surface area contributed by atoms with E-state index in [1.54, 1.807) is 6.08 Å². The van der Waals surface area contributed by atoms with E-state index in [-0.39, 0.29) is 23.3 Å². The second kappa shape index (κ2) is 7.65. The van der Waals surface area contributed by atoms with Crippen molar-refractivity contribution in [2.45, 2.75) is 13.3 Å². The number of hydrogen-bond acceptors (Lipinski definition) is 2. The van der Waals surface area contributed by atoms with Gasteiger partial charge in [-0.25, -0.2) is 4.39 Å². The first-order valence-corrected chi connectivity index (χ1v) is 6.43. The Labute approximate surface area is 122 Å². The van der Waals surface area contributed by atoms with Gasteiger partial charge in [0, 0.05) is 32.1 Å². The number of nitrogens with one attached hydrogen (secondary N) is 1. The van der Waals surface area contributed by atoms with Gasteiger partial charge in [0.15, 0.2) is 0 Å². The maximum atomic E-state index is 13.0. The van der Waals surface area contributed by atoms with Crippen molar-refractivity contribution in [3.05, 3.63) is 41.7 Å². The van der Waals surface area contributed by atoms with Crippen molar-refractivity contribution in [2.75, 3.05) is 18.4 Å². The quantitative estimate of drug-likeness (QED) is 0.821. The first-order chi connectivity index (χ1) is 9.43. The lowest BCUT2D eigenvalue weighted by Gasteiger charge is -2.18. The number of rotatable bonds is 6. The monoisotopic (exact) mass is 298 g/mol. The highest BCUT2D eigenvalue weighted by atomic mass is 35.5. The Hall–Kier alpha value is -1.88. The number of hydrogen-bond donors (Lipinski definition) is 1. The van der Waals surface area contributed by atoms with E-state index in [2.05, 4.69) is 11.9 Å². The average Bonchev–Trinajstić information content (AvgIpc) is 2.38. The normalized spacial score (nSPS) is 9.95. The van der Waals surface area contributed by atoms with Gasteiger partial charge in [0.05, 0.1) is 5.02 Å². The van der Waals surface area contributed by atoms with Crippen LogP contribution >= 0.6 is 11.6 Å². The standard InChI is InChI=1S/C14H16ClFN2O2/c1-3-7-18(10(2)19)8-6-14(20)17-11-4-5-13(16)12(15)9-11/h3-5,9H,1,6-8H2,2H3,(H,17,20). The maximum Gasteiger partial charge on any atom is 0.226 e. The molecule has 108 valence electrons. The van der Waals surface area contributed by atoms with Crippen LogP contribution in [0.1, 0.15) is 13.3 Å². The van der Waals surface area contributed by atoms with E-state index in [4.69, 9.17) is 11.6 Å². The van der Waals surface area contributed by atoms with E-state index < -0.39 is 5.82 Å². The lowest BCUT2D eigenvalue weighted by Crippen LogP contribution is -2.32. The van der Waals surface area contributed by atoms with E-state index in [0.29, 0.717) is 18.8 Å². The predicted octanol–water partition coefficient (Wildman–Crippen LogP) is 2.84. The molecule has 0 atom stereocenters. The molecule has 20 heavy (non-hydrogen) atoms. The smallest absolute Gasteiger partial charge is 0.226 e. The molecule has 0 aromatic heterocycles. The summed E-state index contributed by atoms with van der Waals surface area (Å²) in [6, 6.07) is 3.93. The molecule has 4 nitrogen and oxygen atoms in total. The van der Waals surface area contributed by atoms with Crippen molar-refractivity contribution in [3.8, 4) is 0 Å². The minimum atomic E-state index is -0.543. The number of benzene rings is 1. The van der Waals surface area contributed by atoms with Gasteiger partial charge in [-0.1, -0.05) is 17.7 Å². The summed E-state index contributed by atoms with van der Waals surface area (Å²) in [6.45, 7) is 5.67. The molecule has 2 amide bonds. The molecule has 0 saturated heterocycles. The summed E-state index contributed by atoms with van der Waals surface area (Å²) >= 11 is 5.62. The van der Waals surface area contributed by atoms with E-state index in [0.717, 1.165) is 0 Å². The zero-order chi connectivity index (χ0) is 15.1. The fraction of sp³-hybridized carbons (Fsp3) is 0.286. The summed E-state index contributed by atoms with van der Waals surface area (Å²) in [5.41, 5.74) is 0.416. The fourth-order valence-electron chi connectivity index (χ4n) is 1.57. The van der Waals surface area contributed by atoms with E-state index in [1.807, 2.05) is 0 Å². The summed E-state index contributed by atoms with van der Waals surface area (Å²) in [5, 5.41) is 2.54. The van der Waals surface area contributed by atoms with Crippen LogP contribution in [0.25, 0.3) is 0 Å². The molecule has 0 bridgehead atoms. The van der Waals surface area contributed by atoms with Crippen molar-refractivity contribution in [1.82, 2.24) is 4.90 Å². The second-order valence-corrected chi connectivity index (χ2v) is 4.59. The van der Waals surface area contributed by atoms with Crippen LogP contribution in [0, 0.1) is 5.82 Å². The average molecular weight is 299 g/mol. The third-order valence-electron chi connectivity index (χ3n) is 2.61. The molecule has 0 aliphatic carbocycles. The Bertz CT molecular complexity index is 520. The summed E-state index contributed by atoms with van der Waals surface area (Å²) in [6.07, 6.45) is 1.74. The van der Waals surface area contributed by atoms with Gasteiger partial charge >= 0.3 is 0 Å². The molecule has 0 unspecified atom stereocenters. The molecule has 0 heterocycles. The van der Waals surface area contributed by atoms with Gasteiger partial charge in [-0.05, 0) is 18.2 Å². The van der Waals surface area contributed by atoms with Gasteiger partial charge in [0.25, 0.3) is 0 Å². The van der Waals surface area contributed by atoms with Crippen LogP contribution < -0.4 is 5.32 Å². The topological polar surface area (TPSA) is 49.4 Å². The molecule has 6 heteroatoms. The van der Waals surface area contributed by atoms with Crippen molar-refractivity contribution in [3.63, 3.8) is 0 Å². The highest BCUT2D eigenvalue weighted by Crippen LogP contribution is 2.19. The molecule has 1 rings (SSSR count). The third kappa shape index (κ3) is 5.01. The molecular weight excluding hydrogens is 283 g/mol. The van der Waals surface area contributed by atoms with Gasteiger partial charge < -0.3 is 10.2 Å². The zero-order valence-corrected chi connectivity index (χ0v) is 11.9. The largest absolute Gasteiger partial charge is 0.339 e.